The largest absolute Gasteiger partial charge is 0.448 e. The minimum absolute atomic E-state index is 0.00967. The monoisotopic (exact) mass is 535 g/mol. The van der Waals surface area contributed by atoms with Gasteiger partial charge in [-0.05, 0) is 32.0 Å². The van der Waals surface area contributed by atoms with Gasteiger partial charge in [-0.15, -0.1) is 0 Å². The fraction of sp³-hybridized carbons (Fsp3) is 0.600. The second-order valence-corrected chi connectivity index (χ2v) is 10.6. The molecule has 0 radical (unpaired) electrons. The molecule has 2 bridgehead atoms. The van der Waals surface area contributed by atoms with Crippen LogP contribution in [0.25, 0.3) is 0 Å². The van der Waals surface area contributed by atoms with Crippen molar-refractivity contribution in [3.05, 3.63) is 29.3 Å². The van der Waals surface area contributed by atoms with E-state index in [0.717, 1.165) is 43.2 Å². The van der Waals surface area contributed by atoms with Crippen LogP contribution in [-0.4, -0.2) is 91.3 Å². The summed E-state index contributed by atoms with van der Waals surface area (Å²) in [5.41, 5.74) is -4.56. The molecule has 1 N–H and O–H groups in total. The number of nitriles is 1. The molecule has 1 aromatic rings. The molecule has 4 unspecified atom stereocenters. The average molecular weight is 536 g/mol. The average Bonchev–Trinajstić information content (AvgIpc) is 3.23. The second-order valence-electron chi connectivity index (χ2n) is 10.6. The Hall–Kier alpha value is -3.21. The predicted molar refractivity (Wildman–Crippen MR) is 126 cm³/mol. The smallest absolute Gasteiger partial charge is 0.417 e. The van der Waals surface area contributed by atoms with Gasteiger partial charge in [0.05, 0.1) is 59.0 Å². The summed E-state index contributed by atoms with van der Waals surface area (Å²) in [6, 6.07) is 4.25. The highest BCUT2D eigenvalue weighted by Crippen LogP contribution is 2.55. The topological polar surface area (TPSA) is 115 Å². The van der Waals surface area contributed by atoms with Gasteiger partial charge in [-0.3, -0.25) is 14.5 Å². The van der Waals surface area contributed by atoms with E-state index >= 15 is 0 Å². The van der Waals surface area contributed by atoms with Gasteiger partial charge >= 0.3 is 12.3 Å². The van der Waals surface area contributed by atoms with Crippen LogP contribution in [-0.2, 0) is 25.2 Å². The summed E-state index contributed by atoms with van der Waals surface area (Å²) < 4.78 is 52.3. The van der Waals surface area contributed by atoms with E-state index in [4.69, 9.17) is 14.7 Å². The Morgan fingerprint density at radius 3 is 2.32 bits per heavy atom. The van der Waals surface area contributed by atoms with Gasteiger partial charge < -0.3 is 19.7 Å². The minimum atomic E-state index is -4.84. The maximum atomic E-state index is 13.6. The molecular formula is C25H28F3N5O5. The number of likely N-dealkylation sites (tertiary alicyclic amines) is 1. The highest BCUT2D eigenvalue weighted by molar-refractivity contribution is 6.23. The number of halogens is 3. The Kier molecular flexibility index (Phi) is 6.40. The third-order valence-electron chi connectivity index (χ3n) is 7.89. The zero-order valence-electron chi connectivity index (χ0n) is 21.0. The first-order valence-electron chi connectivity index (χ1n) is 12.4. The number of carbonyl (C=O) groups is 3. The van der Waals surface area contributed by atoms with Crippen molar-refractivity contribution in [1.82, 2.24) is 15.1 Å². The molecule has 4 aliphatic rings. The molecule has 0 spiro atoms. The molecule has 0 aromatic heterocycles. The lowest BCUT2D eigenvalue weighted by atomic mass is 9.79. The van der Waals surface area contributed by atoms with Crippen LogP contribution in [0.3, 0.4) is 0 Å². The maximum Gasteiger partial charge on any atom is 0.417 e. The third-order valence-corrected chi connectivity index (χ3v) is 7.89. The molecule has 4 atom stereocenters. The van der Waals surface area contributed by atoms with Gasteiger partial charge in [-0.1, -0.05) is 0 Å². The maximum absolute atomic E-state index is 13.6. The Balaban J connectivity index is 1.35. The van der Waals surface area contributed by atoms with E-state index in [1.807, 2.05) is 0 Å². The van der Waals surface area contributed by atoms with Gasteiger partial charge in [-0.25, -0.2) is 9.69 Å². The lowest BCUT2D eigenvalue weighted by Gasteiger charge is -2.44. The number of amides is 3. The third kappa shape index (κ3) is 4.30. The highest BCUT2D eigenvalue weighted by Gasteiger charge is 2.72. The molecule has 4 aliphatic heterocycles. The molecule has 38 heavy (non-hydrogen) atoms. The summed E-state index contributed by atoms with van der Waals surface area (Å²) in [6.45, 7) is 7.49. The second kappa shape index (κ2) is 9.21. The molecule has 13 heteroatoms. The fourth-order valence-corrected chi connectivity index (χ4v) is 6.31. The van der Waals surface area contributed by atoms with Crippen LogP contribution in [0.4, 0.5) is 23.7 Å². The quantitative estimate of drug-likeness (QED) is 0.579. The standard InChI is InChI=1S/C25H28F3N5O5/c1-23-13-32(22(36)37-10-9-31-7-5-30-6-8-31)14-24(2,38-23)19-18(23)20(34)33(21(19)35)16-4-3-15(12-29)17(11-16)25(26,27)28/h3-4,11,18-19,30H,5-10,13-14H2,1-2H3. The van der Waals surface area contributed by atoms with Crippen LogP contribution in [0, 0.1) is 23.2 Å². The van der Waals surface area contributed by atoms with E-state index in [2.05, 4.69) is 10.2 Å². The van der Waals surface area contributed by atoms with Crippen molar-refractivity contribution in [1.29, 1.82) is 5.26 Å². The number of hydrogen-bond acceptors (Lipinski definition) is 8. The number of nitrogens with one attached hydrogen (secondary N) is 1. The number of nitrogens with zero attached hydrogens (tertiary/aromatic N) is 4. The van der Waals surface area contributed by atoms with Crippen molar-refractivity contribution in [3.8, 4) is 6.07 Å². The Labute approximate surface area is 217 Å². The summed E-state index contributed by atoms with van der Waals surface area (Å²) in [4.78, 5) is 44.4. The van der Waals surface area contributed by atoms with Crippen LogP contribution in [0.1, 0.15) is 25.0 Å². The van der Waals surface area contributed by atoms with Crippen LogP contribution in [0.5, 0.6) is 0 Å². The summed E-state index contributed by atoms with van der Waals surface area (Å²) in [5, 5.41) is 12.3. The minimum Gasteiger partial charge on any atom is -0.448 e. The molecule has 204 valence electrons. The van der Waals surface area contributed by atoms with Gasteiger partial charge in [0.25, 0.3) is 0 Å². The molecule has 1 aromatic carbocycles. The number of ether oxygens (including phenoxy) is 2. The molecule has 4 fully saturated rings. The molecular weight excluding hydrogens is 507 g/mol. The molecule has 3 amide bonds. The van der Waals surface area contributed by atoms with Crippen molar-refractivity contribution in [2.45, 2.75) is 31.2 Å². The first-order chi connectivity index (χ1) is 17.9. The molecule has 4 saturated heterocycles. The molecule has 5 rings (SSSR count). The molecule has 0 saturated carbocycles. The number of piperazine rings is 1. The first kappa shape index (κ1) is 26.4. The predicted octanol–water partition coefficient (Wildman–Crippen LogP) is 1.59. The van der Waals surface area contributed by atoms with Gasteiger partial charge in [0.2, 0.25) is 11.8 Å². The molecule has 10 nitrogen and oxygen atoms in total. The SMILES string of the molecule is CC12CN(C(=O)OCCN3CCNCC3)CC(C)(O1)C1C(=O)N(c3ccc(C#N)c(C(F)(F)F)c3)C(=O)C12. The lowest BCUT2D eigenvalue weighted by Crippen LogP contribution is -2.59. The van der Waals surface area contributed by atoms with E-state index in [1.54, 1.807) is 13.8 Å². The van der Waals surface area contributed by atoms with Crippen molar-refractivity contribution >= 4 is 23.6 Å². The Bertz CT molecular complexity index is 1180. The van der Waals surface area contributed by atoms with Gasteiger partial charge in [0.15, 0.2) is 0 Å². The number of imide groups is 1. The Morgan fingerprint density at radius 1 is 1.16 bits per heavy atom. The van der Waals surface area contributed by atoms with E-state index in [0.29, 0.717) is 12.6 Å². The number of benzene rings is 1. The summed E-state index contributed by atoms with van der Waals surface area (Å²) in [6.07, 6.45) is -5.41. The molecule has 0 aliphatic carbocycles. The number of morpholine rings is 1. The number of hydrogen-bond donors (Lipinski definition) is 1. The van der Waals surface area contributed by atoms with E-state index in [1.165, 1.54) is 11.0 Å². The summed E-state index contributed by atoms with van der Waals surface area (Å²) in [7, 11) is 0. The zero-order valence-corrected chi connectivity index (χ0v) is 21.0. The normalized spacial score (nSPS) is 31.4. The number of anilines is 1. The van der Waals surface area contributed by atoms with Crippen molar-refractivity contribution in [2.24, 2.45) is 11.8 Å². The zero-order chi connectivity index (χ0) is 27.5. The van der Waals surface area contributed by atoms with Crippen LogP contribution in [0.15, 0.2) is 18.2 Å². The van der Waals surface area contributed by atoms with Crippen molar-refractivity contribution in [2.75, 3.05) is 57.3 Å². The van der Waals surface area contributed by atoms with E-state index in [9.17, 15) is 27.6 Å². The van der Waals surface area contributed by atoms with Crippen LogP contribution < -0.4 is 10.2 Å². The fourth-order valence-electron chi connectivity index (χ4n) is 6.31. The lowest BCUT2D eigenvalue weighted by molar-refractivity contribution is -0.164. The van der Waals surface area contributed by atoms with E-state index in [-0.39, 0.29) is 25.4 Å². The van der Waals surface area contributed by atoms with E-state index < -0.39 is 58.2 Å². The van der Waals surface area contributed by atoms with Gasteiger partial charge in [0, 0.05) is 32.7 Å². The van der Waals surface area contributed by atoms with Gasteiger partial charge in [-0.2, -0.15) is 18.4 Å². The number of carbonyl (C=O) groups excluding carboxylic acids is 3. The van der Waals surface area contributed by atoms with Crippen molar-refractivity contribution < 1.29 is 37.0 Å². The number of rotatable bonds is 4. The van der Waals surface area contributed by atoms with Crippen LogP contribution in [0.2, 0.25) is 0 Å². The van der Waals surface area contributed by atoms with Crippen molar-refractivity contribution in [3.63, 3.8) is 0 Å². The number of fused-ring (bicyclic) bond motifs is 5. The summed E-state index contributed by atoms with van der Waals surface area (Å²) >= 11 is 0. The number of alkyl halides is 3. The highest BCUT2D eigenvalue weighted by atomic mass is 19.4. The molecule has 4 heterocycles. The first-order valence-corrected chi connectivity index (χ1v) is 12.4. The van der Waals surface area contributed by atoms with Gasteiger partial charge in [0.1, 0.15) is 6.61 Å². The van der Waals surface area contributed by atoms with Crippen LogP contribution >= 0.6 is 0 Å². The Morgan fingerprint density at radius 2 is 1.76 bits per heavy atom. The summed E-state index contributed by atoms with van der Waals surface area (Å²) in [5.74, 6) is -3.39.